The molecule has 1 aliphatic heterocycles. The van der Waals surface area contributed by atoms with E-state index in [1.54, 1.807) is 0 Å². The second-order valence-electron chi connectivity index (χ2n) is 5.13. The van der Waals surface area contributed by atoms with Gasteiger partial charge in [0.15, 0.2) is 0 Å². The Kier molecular flexibility index (Phi) is 4.13. The van der Waals surface area contributed by atoms with Gasteiger partial charge in [-0.2, -0.15) is 0 Å². The van der Waals surface area contributed by atoms with Crippen LogP contribution in [0.15, 0.2) is 12.1 Å². The molecular weight excluding hydrogens is 248 g/mol. The lowest BCUT2D eigenvalue weighted by Crippen LogP contribution is -2.26. The molecule has 1 N–H and O–H groups in total. The van der Waals surface area contributed by atoms with Gasteiger partial charge in [-0.05, 0) is 36.8 Å². The van der Waals surface area contributed by atoms with Crippen molar-refractivity contribution >= 4 is 17.4 Å². The van der Waals surface area contributed by atoms with E-state index < -0.39 is 0 Å². The van der Waals surface area contributed by atoms with Gasteiger partial charge in [-0.15, -0.1) is 0 Å². The first kappa shape index (κ1) is 13.6. The highest BCUT2D eigenvalue weighted by Gasteiger charge is 2.35. The fraction of sp³-hybridized carbons (Fsp3) is 0.643. The Labute approximate surface area is 114 Å². The molecule has 0 aliphatic carbocycles. The van der Waals surface area contributed by atoms with Gasteiger partial charge in [-0.1, -0.05) is 25.4 Å². The summed E-state index contributed by atoms with van der Waals surface area (Å²) < 4.78 is 0. The minimum absolute atomic E-state index is 0.104. The predicted octanol–water partition coefficient (Wildman–Crippen LogP) is 3.24. The van der Waals surface area contributed by atoms with Gasteiger partial charge in [-0.3, -0.25) is 0 Å². The summed E-state index contributed by atoms with van der Waals surface area (Å²) in [7, 11) is 0. The van der Waals surface area contributed by atoms with Gasteiger partial charge in [0.2, 0.25) is 0 Å². The molecule has 3 nitrogen and oxygen atoms in total. The van der Waals surface area contributed by atoms with Crippen LogP contribution in [0.2, 0.25) is 5.02 Å². The normalized spacial score (nSPS) is 18.3. The number of aromatic nitrogens is 1. The van der Waals surface area contributed by atoms with Crippen LogP contribution in [0.5, 0.6) is 0 Å². The third-order valence-corrected chi connectivity index (χ3v) is 4.66. The summed E-state index contributed by atoms with van der Waals surface area (Å²) in [5.41, 5.74) is 1.00. The fourth-order valence-corrected chi connectivity index (χ4v) is 2.88. The second kappa shape index (κ2) is 5.45. The van der Waals surface area contributed by atoms with E-state index in [0.29, 0.717) is 16.1 Å². The van der Waals surface area contributed by atoms with E-state index in [0.717, 1.165) is 18.9 Å². The number of anilines is 1. The zero-order valence-electron chi connectivity index (χ0n) is 11.1. The van der Waals surface area contributed by atoms with Crippen molar-refractivity contribution in [2.24, 2.45) is 5.41 Å². The number of aliphatic hydroxyl groups is 1. The topological polar surface area (TPSA) is 36.4 Å². The first-order valence-corrected chi connectivity index (χ1v) is 7.03. The number of aliphatic hydroxyl groups excluding tert-OH is 1. The summed E-state index contributed by atoms with van der Waals surface area (Å²) in [5.74, 6) is 0.937. The van der Waals surface area contributed by atoms with E-state index in [1.807, 2.05) is 12.1 Å². The summed E-state index contributed by atoms with van der Waals surface area (Å²) in [6.07, 6.45) is 3.64. The van der Waals surface area contributed by atoms with Crippen molar-refractivity contribution < 1.29 is 5.11 Å². The molecule has 0 aromatic carbocycles. The maximum Gasteiger partial charge on any atom is 0.129 e. The van der Waals surface area contributed by atoms with Crippen LogP contribution in [0.4, 0.5) is 5.82 Å². The lowest BCUT2D eigenvalue weighted by Gasteiger charge is -2.26. The van der Waals surface area contributed by atoms with Gasteiger partial charge in [0.25, 0.3) is 0 Å². The minimum atomic E-state index is -0.104. The number of hydrogen-bond acceptors (Lipinski definition) is 3. The van der Waals surface area contributed by atoms with E-state index in [2.05, 4.69) is 23.7 Å². The Morgan fingerprint density at radius 3 is 2.67 bits per heavy atom. The average molecular weight is 269 g/mol. The second-order valence-corrected chi connectivity index (χ2v) is 5.54. The van der Waals surface area contributed by atoms with Gasteiger partial charge in [0.05, 0.1) is 17.3 Å². The molecule has 0 atom stereocenters. The summed E-state index contributed by atoms with van der Waals surface area (Å²) in [4.78, 5) is 6.76. The Hall–Kier alpha value is -0.800. The number of rotatable bonds is 4. The molecule has 2 rings (SSSR count). The van der Waals surface area contributed by atoms with Crippen LogP contribution in [-0.2, 0) is 6.61 Å². The molecule has 18 heavy (non-hydrogen) atoms. The van der Waals surface area contributed by atoms with Gasteiger partial charge >= 0.3 is 0 Å². The third kappa shape index (κ3) is 2.47. The molecule has 0 radical (unpaired) electrons. The van der Waals surface area contributed by atoms with Gasteiger partial charge in [0, 0.05) is 13.1 Å². The molecule has 1 aliphatic rings. The van der Waals surface area contributed by atoms with Crippen LogP contribution in [0.3, 0.4) is 0 Å². The molecule has 1 aromatic rings. The Morgan fingerprint density at radius 2 is 2.11 bits per heavy atom. The summed E-state index contributed by atoms with van der Waals surface area (Å²) in [5, 5.41) is 9.75. The van der Waals surface area contributed by atoms with Crippen LogP contribution >= 0.6 is 11.6 Å². The van der Waals surface area contributed by atoms with Crippen LogP contribution < -0.4 is 4.90 Å². The van der Waals surface area contributed by atoms with Crippen molar-refractivity contribution in [3.8, 4) is 0 Å². The average Bonchev–Trinajstić information content (AvgIpc) is 2.84. The van der Waals surface area contributed by atoms with Crippen molar-refractivity contribution in [3.63, 3.8) is 0 Å². The zero-order chi connectivity index (χ0) is 13.2. The number of pyridine rings is 1. The predicted molar refractivity (Wildman–Crippen MR) is 75.0 cm³/mol. The van der Waals surface area contributed by atoms with E-state index in [9.17, 15) is 5.11 Å². The quantitative estimate of drug-likeness (QED) is 0.911. The molecule has 0 bridgehead atoms. The molecule has 0 amide bonds. The lowest BCUT2D eigenvalue weighted by molar-refractivity contribution is 0.277. The Bertz CT molecular complexity index is 418. The fourth-order valence-electron chi connectivity index (χ4n) is 2.72. The summed E-state index contributed by atoms with van der Waals surface area (Å²) in [6.45, 7) is 6.52. The number of hydrogen-bond donors (Lipinski definition) is 1. The van der Waals surface area contributed by atoms with Gasteiger partial charge in [0.1, 0.15) is 5.82 Å². The van der Waals surface area contributed by atoms with E-state index in [4.69, 9.17) is 11.6 Å². The van der Waals surface area contributed by atoms with Crippen molar-refractivity contribution in [3.05, 3.63) is 22.8 Å². The van der Waals surface area contributed by atoms with Crippen molar-refractivity contribution in [2.75, 3.05) is 18.0 Å². The first-order chi connectivity index (χ1) is 8.64. The highest BCUT2D eigenvalue weighted by molar-refractivity contribution is 6.31. The van der Waals surface area contributed by atoms with Crippen molar-refractivity contribution in [2.45, 2.75) is 39.7 Å². The van der Waals surface area contributed by atoms with Crippen molar-refractivity contribution in [1.82, 2.24) is 4.98 Å². The summed E-state index contributed by atoms with van der Waals surface area (Å²) >= 11 is 5.97. The maximum atomic E-state index is 9.22. The largest absolute Gasteiger partial charge is 0.390 e. The minimum Gasteiger partial charge on any atom is -0.390 e. The summed E-state index contributed by atoms with van der Waals surface area (Å²) in [6, 6.07) is 3.77. The van der Waals surface area contributed by atoms with E-state index in [1.165, 1.54) is 19.3 Å². The maximum absolute atomic E-state index is 9.22. The van der Waals surface area contributed by atoms with Crippen LogP contribution in [0.1, 0.15) is 38.8 Å². The van der Waals surface area contributed by atoms with Crippen LogP contribution in [0, 0.1) is 5.41 Å². The molecule has 100 valence electrons. The molecule has 0 saturated carbocycles. The molecule has 0 spiro atoms. The lowest BCUT2D eigenvalue weighted by atomic mass is 9.82. The molecule has 0 unspecified atom stereocenters. The highest BCUT2D eigenvalue weighted by Crippen LogP contribution is 2.38. The first-order valence-electron chi connectivity index (χ1n) is 6.65. The molecule has 2 heterocycles. The zero-order valence-corrected chi connectivity index (χ0v) is 11.9. The molecule has 1 fully saturated rings. The standard InChI is InChI=1S/C14H21ClN2O/c1-3-14(4-2)7-8-17(10-14)13-6-5-11(15)12(9-18)16-13/h5-6,18H,3-4,7-10H2,1-2H3. The van der Waals surface area contributed by atoms with Crippen LogP contribution in [-0.4, -0.2) is 23.2 Å². The Morgan fingerprint density at radius 1 is 1.39 bits per heavy atom. The van der Waals surface area contributed by atoms with Crippen molar-refractivity contribution in [1.29, 1.82) is 0 Å². The SMILES string of the molecule is CCC1(CC)CCN(c2ccc(Cl)c(CO)n2)C1. The highest BCUT2D eigenvalue weighted by atomic mass is 35.5. The van der Waals surface area contributed by atoms with E-state index in [-0.39, 0.29) is 6.61 Å². The molecular formula is C14H21ClN2O. The molecule has 4 heteroatoms. The monoisotopic (exact) mass is 268 g/mol. The third-order valence-electron chi connectivity index (χ3n) is 4.32. The number of halogens is 1. The smallest absolute Gasteiger partial charge is 0.129 e. The van der Waals surface area contributed by atoms with Gasteiger partial charge < -0.3 is 10.0 Å². The Balaban J connectivity index is 2.19. The molecule has 1 aromatic heterocycles. The number of nitrogens with zero attached hydrogens (tertiary/aromatic N) is 2. The van der Waals surface area contributed by atoms with Gasteiger partial charge in [-0.25, -0.2) is 4.98 Å². The van der Waals surface area contributed by atoms with Crippen LogP contribution in [0.25, 0.3) is 0 Å². The molecule has 1 saturated heterocycles. The van der Waals surface area contributed by atoms with E-state index >= 15 is 0 Å².